The van der Waals surface area contributed by atoms with E-state index in [1.165, 1.54) is 6.07 Å². The summed E-state index contributed by atoms with van der Waals surface area (Å²) in [5, 5.41) is 13.7. The Morgan fingerprint density at radius 3 is 1.70 bits per heavy atom. The summed E-state index contributed by atoms with van der Waals surface area (Å²) in [4.78, 5) is 23.8. The lowest BCUT2D eigenvalue weighted by atomic mass is 10.1. The first-order valence-electron chi connectivity index (χ1n) is 8.90. The van der Waals surface area contributed by atoms with Crippen LogP contribution in [0, 0.1) is 11.8 Å². The number of hydrogen-bond acceptors (Lipinski definition) is 6. The van der Waals surface area contributed by atoms with Gasteiger partial charge in [0, 0.05) is 18.2 Å². The van der Waals surface area contributed by atoms with Crippen molar-refractivity contribution < 1.29 is 24.2 Å². The second-order valence-corrected chi connectivity index (χ2v) is 8.04. The normalized spacial score (nSPS) is 12.5. The topological polar surface area (TPSA) is 84.9 Å². The highest BCUT2D eigenvalue weighted by atomic mass is 35.5. The van der Waals surface area contributed by atoms with Crippen LogP contribution in [0.5, 0.6) is 11.5 Å². The molecule has 1 aromatic carbocycles. The lowest BCUT2D eigenvalue weighted by molar-refractivity contribution is -0.138. The molecular formula is C20H32ClNO5. The molecule has 0 aliphatic carbocycles. The van der Waals surface area contributed by atoms with Crippen LogP contribution < -0.4 is 14.8 Å². The molecule has 0 aromatic heterocycles. The van der Waals surface area contributed by atoms with Gasteiger partial charge in [0.15, 0.2) is 0 Å². The first-order chi connectivity index (χ1) is 11.9. The maximum absolute atomic E-state index is 11.9. The number of halogens is 1. The molecule has 0 saturated heterocycles. The Hall–Kier alpha value is -1.63. The molecule has 1 aromatic rings. The number of hydrogen-bond donors (Lipinski definition) is 2. The Morgan fingerprint density at radius 2 is 1.37 bits per heavy atom. The number of rotatable bonds is 7. The van der Waals surface area contributed by atoms with Gasteiger partial charge < -0.3 is 19.9 Å². The SMILES string of the molecule is CC(C)C(=O)Oc1cc(OC(=O)C(C)C)cc(C(O)CNC(C)(C)C)c1.Cl. The second-order valence-electron chi connectivity index (χ2n) is 8.04. The monoisotopic (exact) mass is 401 g/mol. The molecule has 6 nitrogen and oxygen atoms in total. The van der Waals surface area contributed by atoms with Gasteiger partial charge >= 0.3 is 11.9 Å². The first-order valence-corrected chi connectivity index (χ1v) is 8.90. The van der Waals surface area contributed by atoms with Crippen LogP contribution in [0.4, 0.5) is 0 Å². The third-order valence-corrected chi connectivity index (χ3v) is 3.49. The second kappa shape index (κ2) is 10.6. The van der Waals surface area contributed by atoms with Crippen molar-refractivity contribution in [2.75, 3.05) is 6.54 Å². The van der Waals surface area contributed by atoms with Crippen molar-refractivity contribution in [1.82, 2.24) is 5.32 Å². The van der Waals surface area contributed by atoms with E-state index >= 15 is 0 Å². The van der Waals surface area contributed by atoms with E-state index in [0.29, 0.717) is 12.1 Å². The number of nitrogens with one attached hydrogen (secondary N) is 1. The standard InChI is InChI=1S/C20H31NO5.ClH/c1-12(2)18(23)25-15-8-14(17(22)11-21-20(5,6)7)9-16(10-15)26-19(24)13(3)4;/h8-10,12-13,17,21-22H,11H2,1-7H3;1H. The molecule has 2 N–H and O–H groups in total. The molecule has 0 fully saturated rings. The molecule has 0 radical (unpaired) electrons. The quantitative estimate of drug-likeness (QED) is 0.535. The van der Waals surface area contributed by atoms with Crippen molar-refractivity contribution >= 4 is 24.3 Å². The summed E-state index contributed by atoms with van der Waals surface area (Å²) in [7, 11) is 0. The molecule has 0 bridgehead atoms. The zero-order valence-corrected chi connectivity index (χ0v) is 18.0. The average molecular weight is 402 g/mol. The molecule has 154 valence electrons. The van der Waals surface area contributed by atoms with Crippen molar-refractivity contribution in [3.05, 3.63) is 23.8 Å². The highest BCUT2D eigenvalue weighted by molar-refractivity contribution is 5.85. The number of β-amino-alcohol motifs (C(OH)–C–C–N with tert-alkyl or cyclic N) is 1. The van der Waals surface area contributed by atoms with Gasteiger partial charge in [0.25, 0.3) is 0 Å². The molecule has 1 atom stereocenters. The highest BCUT2D eigenvalue weighted by Crippen LogP contribution is 2.28. The number of ether oxygens (including phenoxy) is 2. The lowest BCUT2D eigenvalue weighted by Gasteiger charge is -2.23. The number of carbonyl (C=O) groups is 2. The molecule has 1 unspecified atom stereocenters. The van der Waals surface area contributed by atoms with E-state index in [9.17, 15) is 14.7 Å². The lowest BCUT2D eigenvalue weighted by Crippen LogP contribution is -2.38. The number of esters is 2. The fourth-order valence-electron chi connectivity index (χ4n) is 1.89. The minimum Gasteiger partial charge on any atom is -0.426 e. The maximum atomic E-state index is 11.9. The Balaban J connectivity index is 0.00000676. The van der Waals surface area contributed by atoms with E-state index in [1.54, 1.807) is 39.8 Å². The van der Waals surface area contributed by atoms with E-state index in [4.69, 9.17) is 9.47 Å². The summed E-state index contributed by atoms with van der Waals surface area (Å²) < 4.78 is 10.7. The highest BCUT2D eigenvalue weighted by Gasteiger charge is 2.19. The molecule has 0 heterocycles. The third kappa shape index (κ3) is 9.22. The molecule has 27 heavy (non-hydrogen) atoms. The van der Waals surface area contributed by atoms with Crippen LogP contribution in [0.3, 0.4) is 0 Å². The summed E-state index contributed by atoms with van der Waals surface area (Å²) in [5.74, 6) is -0.915. The molecule has 0 saturated carbocycles. The average Bonchev–Trinajstić information content (AvgIpc) is 2.51. The van der Waals surface area contributed by atoms with Gasteiger partial charge in [-0.1, -0.05) is 27.7 Å². The molecule has 7 heteroatoms. The van der Waals surface area contributed by atoms with Crippen LogP contribution >= 0.6 is 12.4 Å². The Bertz CT molecular complexity index is 597. The third-order valence-electron chi connectivity index (χ3n) is 3.49. The maximum Gasteiger partial charge on any atom is 0.313 e. The zero-order valence-electron chi connectivity index (χ0n) is 17.2. The molecule has 0 aliphatic heterocycles. The van der Waals surface area contributed by atoms with Crippen LogP contribution in [0.2, 0.25) is 0 Å². The van der Waals surface area contributed by atoms with Gasteiger partial charge in [-0.05, 0) is 38.5 Å². The Labute approximate surface area is 168 Å². The van der Waals surface area contributed by atoms with Crippen molar-refractivity contribution in [1.29, 1.82) is 0 Å². The zero-order chi connectivity index (χ0) is 20.1. The van der Waals surface area contributed by atoms with Crippen LogP contribution in [0.1, 0.15) is 60.1 Å². The summed E-state index contributed by atoms with van der Waals surface area (Å²) in [5.41, 5.74) is 0.345. The van der Waals surface area contributed by atoms with E-state index < -0.39 is 18.0 Å². The van der Waals surface area contributed by atoms with Gasteiger partial charge in [0.05, 0.1) is 17.9 Å². The predicted molar refractivity (Wildman–Crippen MR) is 107 cm³/mol. The van der Waals surface area contributed by atoms with E-state index in [2.05, 4.69) is 5.32 Å². The largest absolute Gasteiger partial charge is 0.426 e. The first kappa shape index (κ1) is 25.4. The van der Waals surface area contributed by atoms with Gasteiger partial charge in [-0.15, -0.1) is 12.4 Å². The van der Waals surface area contributed by atoms with Gasteiger partial charge in [-0.3, -0.25) is 9.59 Å². The number of carbonyl (C=O) groups excluding carboxylic acids is 2. The van der Waals surface area contributed by atoms with Crippen LogP contribution in [0.25, 0.3) is 0 Å². The smallest absolute Gasteiger partial charge is 0.313 e. The van der Waals surface area contributed by atoms with Crippen LogP contribution in [-0.4, -0.2) is 29.1 Å². The van der Waals surface area contributed by atoms with Gasteiger partial charge in [-0.2, -0.15) is 0 Å². The molecule has 0 spiro atoms. The number of aliphatic hydroxyl groups is 1. The molecule has 1 rings (SSSR count). The Morgan fingerprint density at radius 1 is 0.963 bits per heavy atom. The molecular weight excluding hydrogens is 370 g/mol. The fourth-order valence-corrected chi connectivity index (χ4v) is 1.89. The van der Waals surface area contributed by atoms with Gasteiger partial charge in [0.2, 0.25) is 0 Å². The van der Waals surface area contributed by atoms with Gasteiger partial charge in [-0.25, -0.2) is 0 Å². The summed E-state index contributed by atoms with van der Waals surface area (Å²) >= 11 is 0. The van der Waals surface area contributed by atoms with Crippen molar-refractivity contribution in [2.24, 2.45) is 11.8 Å². The minimum absolute atomic E-state index is 0. The van der Waals surface area contributed by atoms with Crippen LogP contribution in [0.15, 0.2) is 18.2 Å². The minimum atomic E-state index is -0.844. The predicted octanol–water partition coefficient (Wildman–Crippen LogP) is 3.65. The summed E-state index contributed by atoms with van der Waals surface area (Å²) in [6.07, 6.45) is -0.844. The van der Waals surface area contributed by atoms with Crippen LogP contribution in [-0.2, 0) is 9.59 Å². The van der Waals surface area contributed by atoms with E-state index in [-0.39, 0.29) is 41.3 Å². The molecule has 0 amide bonds. The number of benzene rings is 1. The fraction of sp³-hybridized carbons (Fsp3) is 0.600. The van der Waals surface area contributed by atoms with Crippen molar-refractivity contribution in [2.45, 2.75) is 60.1 Å². The van der Waals surface area contributed by atoms with E-state index in [0.717, 1.165) is 0 Å². The van der Waals surface area contributed by atoms with E-state index in [1.807, 2.05) is 20.8 Å². The number of aliphatic hydroxyl groups excluding tert-OH is 1. The van der Waals surface area contributed by atoms with Gasteiger partial charge in [0.1, 0.15) is 11.5 Å². The van der Waals surface area contributed by atoms with Crippen molar-refractivity contribution in [3.63, 3.8) is 0 Å². The Kier molecular flexibility index (Phi) is 10.00. The molecule has 0 aliphatic rings. The summed E-state index contributed by atoms with van der Waals surface area (Å²) in [6.45, 7) is 13.2. The summed E-state index contributed by atoms with van der Waals surface area (Å²) in [6, 6.07) is 4.65. The van der Waals surface area contributed by atoms with Crippen molar-refractivity contribution in [3.8, 4) is 11.5 Å².